The first-order valence-electron chi connectivity index (χ1n) is 8.58. The molecule has 0 amide bonds. The number of methoxy groups -OCH3 is 1. The number of nitrogens with zero attached hydrogens (tertiary/aromatic N) is 2. The summed E-state index contributed by atoms with van der Waals surface area (Å²) in [4.78, 5) is 16.9. The average molecular weight is 369 g/mol. The smallest absolute Gasteiger partial charge is 0.272 e. The number of rotatable bonds is 7. The van der Waals surface area contributed by atoms with E-state index in [1.165, 1.54) is 5.56 Å². The Bertz CT molecular complexity index is 906. The predicted molar refractivity (Wildman–Crippen MR) is 104 cm³/mol. The van der Waals surface area contributed by atoms with E-state index in [2.05, 4.69) is 17.1 Å². The molecule has 0 aliphatic rings. The Labute approximate surface area is 158 Å². The van der Waals surface area contributed by atoms with Crippen molar-refractivity contribution < 1.29 is 4.74 Å². The molecule has 0 aliphatic carbocycles. The van der Waals surface area contributed by atoms with Crippen molar-refractivity contribution in [2.24, 2.45) is 0 Å². The van der Waals surface area contributed by atoms with Crippen molar-refractivity contribution in [1.82, 2.24) is 9.55 Å². The molecule has 2 aromatic carbocycles. The Morgan fingerprint density at radius 1 is 1.04 bits per heavy atom. The van der Waals surface area contributed by atoms with Gasteiger partial charge in [-0.05, 0) is 36.1 Å². The largest absolute Gasteiger partial charge is 0.497 e. The lowest BCUT2D eigenvalue weighted by molar-refractivity contribution is 0.414. The van der Waals surface area contributed by atoms with Gasteiger partial charge < -0.3 is 9.30 Å². The monoisotopic (exact) mass is 368 g/mol. The van der Waals surface area contributed by atoms with Crippen LogP contribution in [-0.4, -0.2) is 16.7 Å². The van der Waals surface area contributed by atoms with E-state index < -0.39 is 0 Å². The molecule has 0 saturated carbocycles. The van der Waals surface area contributed by atoms with Gasteiger partial charge in [-0.2, -0.15) is 0 Å². The van der Waals surface area contributed by atoms with Crippen molar-refractivity contribution in [2.45, 2.75) is 25.8 Å². The minimum atomic E-state index is -0.0849. The van der Waals surface area contributed by atoms with Crippen LogP contribution in [0.15, 0.2) is 65.6 Å². The number of benzene rings is 2. The molecule has 0 spiro atoms. The molecule has 0 atom stereocenters. The molecule has 134 valence electrons. The molecule has 0 fully saturated rings. The summed E-state index contributed by atoms with van der Waals surface area (Å²) in [5.41, 5.74) is 2.63. The minimum absolute atomic E-state index is 0.0849. The lowest BCUT2D eigenvalue weighted by atomic mass is 10.1. The van der Waals surface area contributed by atoms with Gasteiger partial charge in [0.1, 0.15) is 16.6 Å². The second-order valence-corrected chi connectivity index (χ2v) is 6.51. The van der Waals surface area contributed by atoms with E-state index in [1.54, 1.807) is 17.9 Å². The summed E-state index contributed by atoms with van der Waals surface area (Å²) in [5, 5.41) is 0.341. The van der Waals surface area contributed by atoms with E-state index in [-0.39, 0.29) is 5.56 Å². The standard InChI is InChI=1S/C21H21ClN2O2/c1-26-18-11-9-17(10-12-18)14-19-21(25)24(15-20(22)23-19)13-5-8-16-6-3-2-4-7-16/h2-4,6-7,9-12,15H,5,8,13-14H2,1H3. The van der Waals surface area contributed by atoms with Crippen LogP contribution in [0.5, 0.6) is 5.75 Å². The van der Waals surface area contributed by atoms with Crippen LogP contribution in [0.1, 0.15) is 23.2 Å². The number of hydrogen-bond donors (Lipinski definition) is 0. The fraction of sp³-hybridized carbons (Fsp3) is 0.238. The number of aryl methyl sites for hydroxylation is 2. The van der Waals surface area contributed by atoms with Gasteiger partial charge in [-0.15, -0.1) is 0 Å². The maximum atomic E-state index is 12.7. The van der Waals surface area contributed by atoms with E-state index in [1.807, 2.05) is 42.5 Å². The highest BCUT2D eigenvalue weighted by molar-refractivity contribution is 6.29. The van der Waals surface area contributed by atoms with Crippen LogP contribution in [0.25, 0.3) is 0 Å². The molecular formula is C21H21ClN2O2. The maximum Gasteiger partial charge on any atom is 0.272 e. The highest BCUT2D eigenvalue weighted by atomic mass is 35.5. The molecule has 5 heteroatoms. The summed E-state index contributed by atoms with van der Waals surface area (Å²) in [6.07, 6.45) is 3.85. The van der Waals surface area contributed by atoms with Crippen LogP contribution in [0.2, 0.25) is 5.15 Å². The zero-order valence-corrected chi connectivity index (χ0v) is 15.4. The highest BCUT2D eigenvalue weighted by Crippen LogP contribution is 2.14. The molecule has 0 bridgehead atoms. The summed E-state index contributed by atoms with van der Waals surface area (Å²) < 4.78 is 6.82. The zero-order valence-electron chi connectivity index (χ0n) is 14.7. The summed E-state index contributed by atoms with van der Waals surface area (Å²) in [6.45, 7) is 0.617. The molecular weight excluding hydrogens is 348 g/mol. The van der Waals surface area contributed by atoms with Gasteiger partial charge in [0.15, 0.2) is 0 Å². The minimum Gasteiger partial charge on any atom is -0.497 e. The maximum absolute atomic E-state index is 12.7. The Kier molecular flexibility index (Phi) is 6.08. The third kappa shape index (κ3) is 4.73. The molecule has 0 unspecified atom stereocenters. The van der Waals surface area contributed by atoms with Gasteiger partial charge in [-0.25, -0.2) is 4.98 Å². The first kappa shape index (κ1) is 18.2. The molecule has 0 N–H and O–H groups in total. The normalized spacial score (nSPS) is 10.7. The molecule has 1 aromatic heterocycles. The van der Waals surface area contributed by atoms with Crippen molar-refractivity contribution >= 4 is 11.6 Å². The second-order valence-electron chi connectivity index (χ2n) is 6.12. The fourth-order valence-corrected chi connectivity index (χ4v) is 3.09. The second kappa shape index (κ2) is 8.68. The van der Waals surface area contributed by atoms with E-state index >= 15 is 0 Å². The van der Waals surface area contributed by atoms with E-state index in [9.17, 15) is 4.79 Å². The van der Waals surface area contributed by atoms with Crippen molar-refractivity contribution in [3.63, 3.8) is 0 Å². The number of ether oxygens (including phenoxy) is 1. The molecule has 0 aliphatic heterocycles. The van der Waals surface area contributed by atoms with Crippen LogP contribution in [0.4, 0.5) is 0 Å². The molecule has 3 aromatic rings. The average Bonchev–Trinajstić information content (AvgIpc) is 2.67. The Hall–Kier alpha value is -2.59. The first-order chi connectivity index (χ1) is 12.7. The lowest BCUT2D eigenvalue weighted by Crippen LogP contribution is -2.25. The van der Waals surface area contributed by atoms with Crippen molar-refractivity contribution in [1.29, 1.82) is 0 Å². The number of halogens is 1. The van der Waals surface area contributed by atoms with E-state index in [0.29, 0.717) is 23.8 Å². The van der Waals surface area contributed by atoms with E-state index in [4.69, 9.17) is 16.3 Å². The van der Waals surface area contributed by atoms with Gasteiger partial charge in [0.05, 0.1) is 7.11 Å². The van der Waals surface area contributed by atoms with Gasteiger partial charge in [-0.3, -0.25) is 4.79 Å². The van der Waals surface area contributed by atoms with Gasteiger partial charge in [0.2, 0.25) is 0 Å². The lowest BCUT2D eigenvalue weighted by Gasteiger charge is -2.09. The number of hydrogen-bond acceptors (Lipinski definition) is 3. The summed E-state index contributed by atoms with van der Waals surface area (Å²) in [5.74, 6) is 0.783. The van der Waals surface area contributed by atoms with Crippen LogP contribution >= 0.6 is 11.6 Å². The van der Waals surface area contributed by atoms with Crippen molar-refractivity contribution in [3.05, 3.63) is 93.1 Å². The van der Waals surface area contributed by atoms with Gasteiger partial charge in [0, 0.05) is 19.2 Å². The van der Waals surface area contributed by atoms with E-state index in [0.717, 1.165) is 24.2 Å². The van der Waals surface area contributed by atoms with Crippen LogP contribution in [0, 0.1) is 0 Å². The fourth-order valence-electron chi connectivity index (χ4n) is 2.87. The van der Waals surface area contributed by atoms with Crippen LogP contribution in [-0.2, 0) is 19.4 Å². The summed E-state index contributed by atoms with van der Waals surface area (Å²) >= 11 is 6.14. The molecule has 4 nitrogen and oxygen atoms in total. The van der Waals surface area contributed by atoms with Crippen molar-refractivity contribution in [2.75, 3.05) is 7.11 Å². The van der Waals surface area contributed by atoms with Gasteiger partial charge in [-0.1, -0.05) is 54.1 Å². The molecule has 3 rings (SSSR count). The number of aromatic nitrogens is 2. The molecule has 1 heterocycles. The third-order valence-electron chi connectivity index (χ3n) is 4.25. The Balaban J connectivity index is 1.72. The quantitative estimate of drug-likeness (QED) is 0.629. The SMILES string of the molecule is COc1ccc(Cc2nc(Cl)cn(CCCc3ccccc3)c2=O)cc1. The Morgan fingerprint density at radius 3 is 2.46 bits per heavy atom. The topological polar surface area (TPSA) is 44.1 Å². The van der Waals surface area contributed by atoms with Gasteiger partial charge >= 0.3 is 0 Å². The van der Waals surface area contributed by atoms with Crippen LogP contribution in [0.3, 0.4) is 0 Å². The molecule has 0 saturated heterocycles. The third-order valence-corrected chi connectivity index (χ3v) is 4.43. The first-order valence-corrected chi connectivity index (χ1v) is 8.96. The summed E-state index contributed by atoms with van der Waals surface area (Å²) in [7, 11) is 1.63. The Morgan fingerprint density at radius 2 is 1.77 bits per heavy atom. The predicted octanol–water partition coefficient (Wildman–Crippen LogP) is 4.13. The summed E-state index contributed by atoms with van der Waals surface area (Å²) in [6, 6.07) is 17.9. The van der Waals surface area contributed by atoms with Gasteiger partial charge in [0.25, 0.3) is 5.56 Å². The molecule has 26 heavy (non-hydrogen) atoms. The molecule has 0 radical (unpaired) electrons. The highest BCUT2D eigenvalue weighted by Gasteiger charge is 2.09. The van der Waals surface area contributed by atoms with Crippen molar-refractivity contribution in [3.8, 4) is 5.75 Å². The van der Waals surface area contributed by atoms with Crippen LogP contribution < -0.4 is 10.3 Å². The zero-order chi connectivity index (χ0) is 18.4.